The molecule has 3 rings (SSSR count). The number of nitrogens with zero attached hydrogens (tertiary/aromatic N) is 1. The maximum Gasteiger partial charge on any atom is 0.387 e. The van der Waals surface area contributed by atoms with Crippen LogP contribution in [0.25, 0.3) is 6.08 Å². The molecular formula is C25H30F2N2O6. The Bertz CT molecular complexity index is 1030. The van der Waals surface area contributed by atoms with Gasteiger partial charge in [0.05, 0.1) is 44.9 Å². The van der Waals surface area contributed by atoms with Crippen LogP contribution in [0.5, 0.6) is 23.0 Å². The lowest BCUT2D eigenvalue weighted by atomic mass is 10.1. The lowest BCUT2D eigenvalue weighted by Crippen LogP contribution is -2.36. The molecule has 1 aliphatic rings. The number of hydrogen-bond donors (Lipinski definition) is 1. The highest BCUT2D eigenvalue weighted by atomic mass is 19.3. The predicted octanol–water partition coefficient (Wildman–Crippen LogP) is 4.58. The Labute approximate surface area is 203 Å². The zero-order chi connectivity index (χ0) is 25.2. The standard InChI is InChI=1S/C25H30F2N2O6/c1-4-33-21-16-19(29-11-13-32-14-12-29)22(34-5-2)15-18(21)28-23(30)10-9-17-7-6-8-20(31-3)24(17)35-25(26)27/h6-10,15-16,25H,4-5,11-14H2,1-3H3,(H,28,30)/b10-9+. The quantitative estimate of drug-likeness (QED) is 0.460. The van der Waals surface area contributed by atoms with Crippen molar-refractivity contribution in [2.75, 3.05) is 56.8 Å². The van der Waals surface area contributed by atoms with Crippen molar-refractivity contribution in [2.45, 2.75) is 20.5 Å². The number of methoxy groups -OCH3 is 1. The number of ether oxygens (including phenoxy) is 5. The van der Waals surface area contributed by atoms with Crippen molar-refractivity contribution in [2.24, 2.45) is 0 Å². The van der Waals surface area contributed by atoms with Crippen molar-refractivity contribution in [3.63, 3.8) is 0 Å². The normalized spacial score (nSPS) is 13.7. The van der Waals surface area contributed by atoms with Crippen LogP contribution in [0.4, 0.5) is 20.2 Å². The first kappa shape index (κ1) is 26.1. The molecular weight excluding hydrogens is 462 g/mol. The zero-order valence-electron chi connectivity index (χ0n) is 20.0. The molecule has 35 heavy (non-hydrogen) atoms. The summed E-state index contributed by atoms with van der Waals surface area (Å²) in [4.78, 5) is 14.9. The number of morpholine rings is 1. The molecule has 190 valence electrons. The van der Waals surface area contributed by atoms with E-state index in [0.717, 1.165) is 5.69 Å². The summed E-state index contributed by atoms with van der Waals surface area (Å²) in [5.41, 5.74) is 1.55. The molecule has 1 saturated heterocycles. The van der Waals surface area contributed by atoms with Gasteiger partial charge in [-0.2, -0.15) is 8.78 Å². The molecule has 0 atom stereocenters. The number of amides is 1. The van der Waals surface area contributed by atoms with Gasteiger partial charge < -0.3 is 33.9 Å². The van der Waals surface area contributed by atoms with Crippen LogP contribution < -0.4 is 29.2 Å². The first-order chi connectivity index (χ1) is 17.0. The van der Waals surface area contributed by atoms with Crippen LogP contribution >= 0.6 is 0 Å². The third-order valence-corrected chi connectivity index (χ3v) is 5.12. The van der Waals surface area contributed by atoms with Crippen molar-refractivity contribution in [1.29, 1.82) is 0 Å². The number of carbonyl (C=O) groups excluding carboxylic acids is 1. The fourth-order valence-electron chi connectivity index (χ4n) is 3.62. The maximum atomic E-state index is 12.9. The van der Waals surface area contributed by atoms with E-state index < -0.39 is 12.5 Å². The number of hydrogen-bond acceptors (Lipinski definition) is 7. The second-order valence-corrected chi connectivity index (χ2v) is 7.36. The number of rotatable bonds is 11. The number of para-hydroxylation sites is 1. The summed E-state index contributed by atoms with van der Waals surface area (Å²) in [5, 5.41) is 2.79. The van der Waals surface area contributed by atoms with Crippen LogP contribution in [0.3, 0.4) is 0 Å². The van der Waals surface area contributed by atoms with Gasteiger partial charge in [0, 0.05) is 36.9 Å². The molecule has 2 aromatic carbocycles. The average molecular weight is 493 g/mol. The molecule has 1 fully saturated rings. The monoisotopic (exact) mass is 492 g/mol. The molecule has 0 aliphatic carbocycles. The lowest BCUT2D eigenvalue weighted by Gasteiger charge is -2.31. The fraction of sp³-hybridized carbons (Fsp3) is 0.400. The van der Waals surface area contributed by atoms with Gasteiger partial charge in [-0.1, -0.05) is 12.1 Å². The van der Waals surface area contributed by atoms with E-state index in [2.05, 4.69) is 15.0 Å². The third-order valence-electron chi connectivity index (χ3n) is 5.12. The minimum atomic E-state index is -3.04. The van der Waals surface area contributed by atoms with E-state index in [4.69, 9.17) is 18.9 Å². The zero-order valence-corrected chi connectivity index (χ0v) is 20.0. The molecule has 1 N–H and O–H groups in total. The molecule has 1 aliphatic heterocycles. The second kappa shape index (κ2) is 12.8. The maximum absolute atomic E-state index is 12.9. The average Bonchev–Trinajstić information content (AvgIpc) is 2.85. The summed E-state index contributed by atoms with van der Waals surface area (Å²) in [6, 6.07) is 8.22. The minimum absolute atomic E-state index is 0.131. The van der Waals surface area contributed by atoms with Gasteiger partial charge in [0.1, 0.15) is 11.5 Å². The van der Waals surface area contributed by atoms with Gasteiger partial charge in [-0.3, -0.25) is 4.79 Å². The molecule has 2 aromatic rings. The van der Waals surface area contributed by atoms with Crippen LogP contribution in [0.2, 0.25) is 0 Å². The van der Waals surface area contributed by atoms with Gasteiger partial charge in [-0.25, -0.2) is 0 Å². The molecule has 1 heterocycles. The Hall–Kier alpha value is -3.53. The third kappa shape index (κ3) is 6.98. The smallest absolute Gasteiger partial charge is 0.387 e. The number of benzene rings is 2. The van der Waals surface area contributed by atoms with E-state index in [1.807, 2.05) is 19.9 Å². The van der Waals surface area contributed by atoms with E-state index in [-0.39, 0.29) is 17.1 Å². The number of nitrogens with one attached hydrogen (secondary N) is 1. The molecule has 0 bridgehead atoms. The molecule has 0 saturated carbocycles. The van der Waals surface area contributed by atoms with E-state index in [0.29, 0.717) is 56.7 Å². The van der Waals surface area contributed by atoms with E-state index >= 15 is 0 Å². The van der Waals surface area contributed by atoms with Crippen molar-refractivity contribution in [3.8, 4) is 23.0 Å². The summed E-state index contributed by atoms with van der Waals surface area (Å²) >= 11 is 0. The van der Waals surface area contributed by atoms with Gasteiger partial charge in [-0.15, -0.1) is 0 Å². The Kier molecular flexibility index (Phi) is 9.54. The molecule has 8 nitrogen and oxygen atoms in total. The molecule has 0 aromatic heterocycles. The molecule has 1 amide bonds. The Morgan fingerprint density at radius 2 is 1.83 bits per heavy atom. The lowest BCUT2D eigenvalue weighted by molar-refractivity contribution is -0.111. The van der Waals surface area contributed by atoms with Gasteiger partial charge >= 0.3 is 6.61 Å². The summed E-state index contributed by atoms with van der Waals surface area (Å²) in [6.07, 6.45) is 2.60. The first-order valence-electron chi connectivity index (χ1n) is 11.3. The van der Waals surface area contributed by atoms with Gasteiger partial charge in [0.15, 0.2) is 11.5 Å². The van der Waals surface area contributed by atoms with Gasteiger partial charge in [0.2, 0.25) is 5.91 Å². The van der Waals surface area contributed by atoms with E-state index in [1.54, 1.807) is 18.2 Å². The van der Waals surface area contributed by atoms with Crippen LogP contribution in [-0.2, 0) is 9.53 Å². The highest BCUT2D eigenvalue weighted by molar-refractivity contribution is 6.03. The number of alkyl halides is 2. The minimum Gasteiger partial charge on any atom is -0.493 e. The SMILES string of the molecule is CCOc1cc(N2CCOCC2)c(OCC)cc1NC(=O)/C=C/c1cccc(OC)c1OC(F)F. The highest BCUT2D eigenvalue weighted by Gasteiger charge is 2.20. The van der Waals surface area contributed by atoms with Crippen LogP contribution in [0, 0.1) is 0 Å². The largest absolute Gasteiger partial charge is 0.493 e. The Morgan fingerprint density at radius 3 is 2.49 bits per heavy atom. The van der Waals surface area contributed by atoms with Gasteiger partial charge in [0.25, 0.3) is 0 Å². The van der Waals surface area contributed by atoms with Crippen molar-refractivity contribution < 1.29 is 37.3 Å². The molecule has 0 spiro atoms. The second-order valence-electron chi connectivity index (χ2n) is 7.36. The van der Waals surface area contributed by atoms with Crippen LogP contribution in [-0.4, -0.2) is 59.1 Å². The molecule has 10 heteroatoms. The van der Waals surface area contributed by atoms with Crippen molar-refractivity contribution in [3.05, 3.63) is 42.0 Å². The summed E-state index contributed by atoms with van der Waals surface area (Å²) in [6.45, 7) is 4.18. The topological polar surface area (TPSA) is 78.5 Å². The molecule has 0 radical (unpaired) electrons. The predicted molar refractivity (Wildman–Crippen MR) is 129 cm³/mol. The fourth-order valence-corrected chi connectivity index (χ4v) is 3.62. The highest BCUT2D eigenvalue weighted by Crippen LogP contribution is 2.39. The van der Waals surface area contributed by atoms with Gasteiger partial charge in [-0.05, 0) is 26.0 Å². The number of halogens is 2. The summed E-state index contributed by atoms with van der Waals surface area (Å²) in [5.74, 6) is 0.585. The summed E-state index contributed by atoms with van der Waals surface area (Å²) in [7, 11) is 1.35. The van der Waals surface area contributed by atoms with Crippen LogP contribution in [0.1, 0.15) is 19.4 Å². The Balaban J connectivity index is 1.87. The van der Waals surface area contributed by atoms with Crippen molar-refractivity contribution in [1.82, 2.24) is 0 Å². The first-order valence-corrected chi connectivity index (χ1v) is 11.3. The van der Waals surface area contributed by atoms with Crippen molar-refractivity contribution >= 4 is 23.4 Å². The Morgan fingerprint density at radius 1 is 1.11 bits per heavy atom. The number of carbonyl (C=O) groups is 1. The molecule has 0 unspecified atom stereocenters. The van der Waals surface area contributed by atoms with Crippen LogP contribution in [0.15, 0.2) is 36.4 Å². The summed E-state index contributed by atoms with van der Waals surface area (Å²) < 4.78 is 52.5. The van der Waals surface area contributed by atoms with E-state index in [9.17, 15) is 13.6 Å². The van der Waals surface area contributed by atoms with E-state index in [1.165, 1.54) is 25.3 Å². The number of anilines is 2.